The molecule has 0 bridgehead atoms. The van der Waals surface area contributed by atoms with Crippen molar-refractivity contribution in [1.29, 1.82) is 0 Å². The molecule has 2 aromatic carbocycles. The van der Waals surface area contributed by atoms with Crippen LogP contribution in [0.3, 0.4) is 0 Å². The zero-order chi connectivity index (χ0) is 18.7. The summed E-state index contributed by atoms with van der Waals surface area (Å²) in [5, 5.41) is 0. The highest BCUT2D eigenvalue weighted by Gasteiger charge is 2.43. The quantitative estimate of drug-likeness (QED) is 0.636. The molecule has 1 aliphatic heterocycles. The molecular weight excluding hydrogens is 341 g/mol. The Morgan fingerprint density at radius 1 is 1.12 bits per heavy atom. The summed E-state index contributed by atoms with van der Waals surface area (Å²) in [6.07, 6.45) is 0.289. The van der Waals surface area contributed by atoms with E-state index in [1.165, 1.54) is 18.2 Å². The van der Waals surface area contributed by atoms with E-state index < -0.39 is 17.5 Å². The highest BCUT2D eigenvalue weighted by atomic mass is 19.3. The topological polar surface area (TPSA) is 18.5 Å². The molecule has 3 rings (SSSR count). The molecule has 0 radical (unpaired) electrons. The number of allylic oxidation sites excluding steroid dienone is 1. The maximum Gasteiger partial charge on any atom is 0.430 e. The van der Waals surface area contributed by atoms with Crippen LogP contribution in [-0.4, -0.2) is 6.61 Å². The van der Waals surface area contributed by atoms with Gasteiger partial charge in [-0.15, -0.1) is 0 Å². The van der Waals surface area contributed by atoms with Crippen molar-refractivity contribution in [2.24, 2.45) is 0 Å². The second kappa shape index (κ2) is 7.28. The average molecular weight is 360 g/mol. The number of benzene rings is 2. The monoisotopic (exact) mass is 360 g/mol. The van der Waals surface area contributed by atoms with E-state index >= 15 is 0 Å². The van der Waals surface area contributed by atoms with Crippen LogP contribution in [0.25, 0.3) is 12.2 Å². The predicted molar refractivity (Wildman–Crippen MR) is 95.4 cm³/mol. The van der Waals surface area contributed by atoms with Crippen LogP contribution in [0.4, 0.5) is 13.2 Å². The number of hydrogen-bond acceptors (Lipinski definition) is 2. The van der Waals surface area contributed by atoms with Gasteiger partial charge in [-0.2, -0.15) is 8.78 Å². The van der Waals surface area contributed by atoms with Crippen molar-refractivity contribution in [1.82, 2.24) is 0 Å². The zero-order valence-corrected chi connectivity index (χ0v) is 14.4. The molecule has 0 unspecified atom stereocenters. The minimum Gasteiger partial charge on any atom is -0.491 e. The molecule has 0 atom stereocenters. The number of hydrogen-bond donors (Lipinski definition) is 0. The standard InChI is InChI=1S/C21H19F3O2/c1-3-14-5-7-15(8-6-14)9-11-17-13-16-10-12-18(25-4-2)20(22)19(16)21(23,24)26-17/h3,5-8,10,12-13H,1,4,9,11H2,2H3. The van der Waals surface area contributed by atoms with Gasteiger partial charge in [-0.25, -0.2) is 4.39 Å². The lowest BCUT2D eigenvalue weighted by molar-refractivity contribution is -0.228. The first-order chi connectivity index (χ1) is 12.4. The summed E-state index contributed by atoms with van der Waals surface area (Å²) in [6.45, 7) is 5.54. The van der Waals surface area contributed by atoms with Crippen molar-refractivity contribution in [2.45, 2.75) is 25.9 Å². The molecule has 2 aromatic rings. The van der Waals surface area contributed by atoms with Gasteiger partial charge >= 0.3 is 6.11 Å². The van der Waals surface area contributed by atoms with Crippen LogP contribution < -0.4 is 4.74 Å². The fraction of sp³-hybridized carbons (Fsp3) is 0.238. The normalized spacial score (nSPS) is 14.8. The Bertz CT molecular complexity index is 839. The van der Waals surface area contributed by atoms with Crippen molar-refractivity contribution < 1.29 is 22.6 Å². The summed E-state index contributed by atoms with van der Waals surface area (Å²) >= 11 is 0. The van der Waals surface area contributed by atoms with Crippen LogP contribution >= 0.6 is 0 Å². The third kappa shape index (κ3) is 3.62. The van der Waals surface area contributed by atoms with Gasteiger partial charge in [-0.05, 0) is 42.2 Å². The van der Waals surface area contributed by atoms with Gasteiger partial charge in [0, 0.05) is 6.42 Å². The average Bonchev–Trinajstić information content (AvgIpc) is 2.62. The van der Waals surface area contributed by atoms with Gasteiger partial charge in [-0.3, -0.25) is 0 Å². The van der Waals surface area contributed by atoms with Crippen LogP contribution in [0.5, 0.6) is 5.75 Å². The number of halogens is 3. The lowest BCUT2D eigenvalue weighted by Gasteiger charge is -2.27. The van der Waals surface area contributed by atoms with E-state index in [0.717, 1.165) is 11.1 Å². The largest absolute Gasteiger partial charge is 0.491 e. The van der Waals surface area contributed by atoms with E-state index in [9.17, 15) is 13.2 Å². The molecular formula is C21H19F3O2. The Morgan fingerprint density at radius 3 is 2.50 bits per heavy atom. The van der Waals surface area contributed by atoms with Crippen LogP contribution in [0.15, 0.2) is 48.7 Å². The maximum absolute atomic E-state index is 14.4. The second-order valence-corrected chi connectivity index (χ2v) is 5.95. The van der Waals surface area contributed by atoms with Gasteiger partial charge in [0.2, 0.25) is 0 Å². The van der Waals surface area contributed by atoms with Gasteiger partial charge < -0.3 is 9.47 Å². The first-order valence-corrected chi connectivity index (χ1v) is 8.39. The molecule has 0 N–H and O–H groups in total. The summed E-state index contributed by atoms with van der Waals surface area (Å²) in [6, 6.07) is 10.4. The predicted octanol–water partition coefficient (Wildman–Crippen LogP) is 5.92. The van der Waals surface area contributed by atoms with Crippen LogP contribution in [0.2, 0.25) is 0 Å². The second-order valence-electron chi connectivity index (χ2n) is 5.95. The van der Waals surface area contributed by atoms with E-state index in [1.54, 1.807) is 13.0 Å². The van der Waals surface area contributed by atoms with Gasteiger partial charge in [0.25, 0.3) is 0 Å². The van der Waals surface area contributed by atoms with E-state index in [2.05, 4.69) is 6.58 Å². The van der Waals surface area contributed by atoms with Crippen molar-refractivity contribution in [2.75, 3.05) is 6.61 Å². The van der Waals surface area contributed by atoms with Gasteiger partial charge in [0.1, 0.15) is 11.3 Å². The molecule has 0 saturated heterocycles. The summed E-state index contributed by atoms with van der Waals surface area (Å²) in [5.41, 5.74) is 1.32. The molecule has 0 amide bonds. The summed E-state index contributed by atoms with van der Waals surface area (Å²) in [4.78, 5) is 0. The molecule has 0 spiro atoms. The third-order valence-electron chi connectivity index (χ3n) is 4.18. The zero-order valence-electron chi connectivity index (χ0n) is 14.4. The van der Waals surface area contributed by atoms with Crippen molar-refractivity contribution in [3.8, 4) is 5.75 Å². The SMILES string of the molecule is C=Cc1ccc(CCC2=Cc3ccc(OCC)c(F)c3C(F)(F)O2)cc1. The smallest absolute Gasteiger partial charge is 0.430 e. The summed E-state index contributed by atoms with van der Waals surface area (Å²) in [7, 11) is 0. The van der Waals surface area contributed by atoms with Crippen molar-refractivity contribution in [3.63, 3.8) is 0 Å². The Balaban J connectivity index is 1.83. The highest BCUT2D eigenvalue weighted by Crippen LogP contribution is 2.43. The number of alkyl halides is 2. The first kappa shape index (κ1) is 18.1. The molecule has 2 nitrogen and oxygen atoms in total. The molecule has 1 aliphatic rings. The van der Waals surface area contributed by atoms with Gasteiger partial charge in [-0.1, -0.05) is 43.0 Å². The molecule has 26 heavy (non-hydrogen) atoms. The fourth-order valence-corrected chi connectivity index (χ4v) is 2.88. The first-order valence-electron chi connectivity index (χ1n) is 8.39. The fourth-order valence-electron chi connectivity index (χ4n) is 2.88. The Kier molecular flexibility index (Phi) is 5.07. The third-order valence-corrected chi connectivity index (χ3v) is 4.18. The molecule has 136 valence electrons. The molecule has 0 aliphatic carbocycles. The molecule has 0 fully saturated rings. The number of rotatable bonds is 6. The van der Waals surface area contributed by atoms with Crippen LogP contribution in [0.1, 0.15) is 35.6 Å². The molecule has 0 saturated carbocycles. The number of ether oxygens (including phenoxy) is 2. The minimum atomic E-state index is -3.73. The molecule has 5 heteroatoms. The van der Waals surface area contributed by atoms with E-state index in [4.69, 9.17) is 9.47 Å². The highest BCUT2D eigenvalue weighted by molar-refractivity contribution is 5.61. The number of aryl methyl sites for hydroxylation is 1. The molecule has 0 aromatic heterocycles. The maximum atomic E-state index is 14.4. The van der Waals surface area contributed by atoms with Crippen LogP contribution in [-0.2, 0) is 17.3 Å². The Morgan fingerprint density at radius 2 is 1.85 bits per heavy atom. The number of fused-ring (bicyclic) bond motifs is 1. The summed E-state index contributed by atoms with van der Waals surface area (Å²) in [5.74, 6) is -1.16. The Hall–Kier alpha value is -2.69. The lowest BCUT2D eigenvalue weighted by Crippen LogP contribution is -2.25. The minimum absolute atomic E-state index is 0.110. The van der Waals surface area contributed by atoms with Gasteiger partial charge in [0.15, 0.2) is 11.6 Å². The van der Waals surface area contributed by atoms with Crippen molar-refractivity contribution in [3.05, 3.63) is 76.8 Å². The van der Waals surface area contributed by atoms with Crippen LogP contribution in [0, 0.1) is 5.82 Å². The lowest BCUT2D eigenvalue weighted by atomic mass is 10.00. The Labute approximate surface area is 150 Å². The van der Waals surface area contributed by atoms with E-state index in [1.807, 2.05) is 24.3 Å². The van der Waals surface area contributed by atoms with Crippen molar-refractivity contribution >= 4 is 12.2 Å². The van der Waals surface area contributed by atoms with E-state index in [0.29, 0.717) is 6.42 Å². The van der Waals surface area contributed by atoms with Gasteiger partial charge in [0.05, 0.1) is 6.61 Å². The van der Waals surface area contributed by atoms with E-state index in [-0.39, 0.29) is 30.1 Å². The summed E-state index contributed by atoms with van der Waals surface area (Å²) < 4.78 is 53.0. The molecule has 1 heterocycles.